The van der Waals surface area contributed by atoms with Crippen LogP contribution in [-0.2, 0) is 4.79 Å². The SMILES string of the molecule is CC(C)C1(C(=O)O)CCN(CCSC(F)(F)F)C1. The first-order valence-corrected chi connectivity index (χ1v) is 6.82. The number of hydrogen-bond acceptors (Lipinski definition) is 3. The van der Waals surface area contributed by atoms with Crippen molar-refractivity contribution in [3.8, 4) is 0 Å². The molecule has 0 amide bonds. The summed E-state index contributed by atoms with van der Waals surface area (Å²) in [5.74, 6) is -0.907. The van der Waals surface area contributed by atoms with Gasteiger partial charge >= 0.3 is 11.5 Å². The number of likely N-dealkylation sites (tertiary alicyclic amines) is 1. The summed E-state index contributed by atoms with van der Waals surface area (Å²) in [7, 11) is 0. The smallest absolute Gasteiger partial charge is 0.441 e. The topological polar surface area (TPSA) is 40.5 Å². The highest BCUT2D eigenvalue weighted by atomic mass is 32.2. The molecule has 0 saturated carbocycles. The van der Waals surface area contributed by atoms with E-state index in [-0.39, 0.29) is 30.0 Å². The van der Waals surface area contributed by atoms with Crippen molar-refractivity contribution in [3.05, 3.63) is 0 Å². The van der Waals surface area contributed by atoms with Crippen LogP contribution in [0.2, 0.25) is 0 Å². The van der Waals surface area contributed by atoms with Gasteiger partial charge in [-0.2, -0.15) is 13.2 Å². The van der Waals surface area contributed by atoms with Gasteiger partial charge < -0.3 is 10.0 Å². The molecule has 0 aromatic carbocycles. The van der Waals surface area contributed by atoms with Gasteiger partial charge in [-0.25, -0.2) is 0 Å². The highest BCUT2D eigenvalue weighted by Gasteiger charge is 2.47. The number of thioether (sulfide) groups is 1. The lowest BCUT2D eigenvalue weighted by Crippen LogP contribution is -2.39. The Morgan fingerprint density at radius 1 is 1.50 bits per heavy atom. The highest BCUT2D eigenvalue weighted by molar-refractivity contribution is 8.00. The van der Waals surface area contributed by atoms with Crippen LogP contribution in [-0.4, -0.2) is 46.9 Å². The molecular weight excluding hydrogens is 267 g/mol. The first kappa shape index (κ1) is 15.6. The quantitative estimate of drug-likeness (QED) is 0.843. The molecule has 1 aliphatic heterocycles. The van der Waals surface area contributed by atoms with E-state index in [1.807, 2.05) is 18.7 Å². The molecule has 106 valence electrons. The molecule has 1 aliphatic rings. The number of nitrogens with zero attached hydrogens (tertiary/aromatic N) is 1. The van der Waals surface area contributed by atoms with Gasteiger partial charge in [0.2, 0.25) is 0 Å². The van der Waals surface area contributed by atoms with Gasteiger partial charge in [-0.3, -0.25) is 4.79 Å². The van der Waals surface area contributed by atoms with E-state index in [4.69, 9.17) is 0 Å². The number of carbonyl (C=O) groups is 1. The fourth-order valence-electron chi connectivity index (χ4n) is 2.29. The highest BCUT2D eigenvalue weighted by Crippen LogP contribution is 2.38. The number of alkyl halides is 3. The van der Waals surface area contributed by atoms with Crippen molar-refractivity contribution in [2.24, 2.45) is 11.3 Å². The molecule has 7 heteroatoms. The number of aliphatic carboxylic acids is 1. The maximum atomic E-state index is 12.0. The fraction of sp³-hybridized carbons (Fsp3) is 0.909. The van der Waals surface area contributed by atoms with Crippen LogP contribution in [0.1, 0.15) is 20.3 Å². The zero-order valence-electron chi connectivity index (χ0n) is 10.5. The second-order valence-corrected chi connectivity index (χ2v) is 6.10. The molecule has 0 spiro atoms. The Labute approximate surface area is 109 Å². The lowest BCUT2D eigenvalue weighted by Gasteiger charge is -2.28. The molecule has 3 nitrogen and oxygen atoms in total. The predicted molar refractivity (Wildman–Crippen MR) is 64.5 cm³/mol. The van der Waals surface area contributed by atoms with Crippen molar-refractivity contribution >= 4 is 17.7 Å². The summed E-state index contributed by atoms with van der Waals surface area (Å²) in [5.41, 5.74) is -5.01. The molecule has 0 bridgehead atoms. The molecule has 1 unspecified atom stereocenters. The second-order valence-electron chi connectivity index (χ2n) is 4.94. The number of carboxylic acid groups (broad SMARTS) is 1. The summed E-state index contributed by atoms with van der Waals surface area (Å²) < 4.78 is 36.0. The van der Waals surface area contributed by atoms with E-state index in [1.54, 1.807) is 0 Å². The van der Waals surface area contributed by atoms with E-state index >= 15 is 0 Å². The Balaban J connectivity index is 2.47. The van der Waals surface area contributed by atoms with Crippen LogP contribution in [0.15, 0.2) is 0 Å². The Bertz CT molecular complexity index is 309. The summed E-state index contributed by atoms with van der Waals surface area (Å²) in [5, 5.41) is 9.29. The fourth-order valence-corrected chi connectivity index (χ4v) is 2.87. The normalized spacial score (nSPS) is 25.9. The minimum atomic E-state index is -4.21. The van der Waals surface area contributed by atoms with Crippen molar-refractivity contribution in [2.45, 2.75) is 25.8 Å². The molecule has 0 aliphatic carbocycles. The van der Waals surface area contributed by atoms with Crippen LogP contribution in [0.3, 0.4) is 0 Å². The predicted octanol–water partition coefficient (Wildman–Crippen LogP) is 2.67. The van der Waals surface area contributed by atoms with E-state index in [0.717, 1.165) is 0 Å². The molecular formula is C11H18F3NO2S. The number of hydrogen-bond donors (Lipinski definition) is 1. The van der Waals surface area contributed by atoms with Crippen LogP contribution in [0.25, 0.3) is 0 Å². The standard InChI is InChI=1S/C11H18F3NO2S/c1-8(2)10(9(16)17)3-4-15(7-10)5-6-18-11(12,13)14/h8H,3-7H2,1-2H3,(H,16,17). The molecule has 1 atom stereocenters. The third-order valence-corrected chi connectivity index (χ3v) is 4.30. The Hall–Kier alpha value is -0.430. The van der Waals surface area contributed by atoms with Gasteiger partial charge in [0, 0.05) is 18.8 Å². The lowest BCUT2D eigenvalue weighted by atomic mass is 9.76. The number of halogens is 3. The third-order valence-electron chi connectivity index (χ3n) is 3.58. The van der Waals surface area contributed by atoms with E-state index in [9.17, 15) is 23.1 Å². The minimum absolute atomic E-state index is 0.0183. The zero-order chi connectivity index (χ0) is 14.0. The molecule has 0 aromatic heterocycles. The van der Waals surface area contributed by atoms with Gasteiger partial charge in [-0.15, -0.1) is 0 Å². The van der Waals surface area contributed by atoms with Crippen molar-refractivity contribution in [1.29, 1.82) is 0 Å². The minimum Gasteiger partial charge on any atom is -0.481 e. The van der Waals surface area contributed by atoms with Gasteiger partial charge in [-0.05, 0) is 30.6 Å². The molecule has 1 rings (SSSR count). The first-order valence-electron chi connectivity index (χ1n) is 5.84. The monoisotopic (exact) mass is 285 g/mol. The van der Waals surface area contributed by atoms with E-state index in [0.29, 0.717) is 19.5 Å². The lowest BCUT2D eigenvalue weighted by molar-refractivity contribution is -0.151. The Morgan fingerprint density at radius 3 is 2.50 bits per heavy atom. The first-order chi connectivity index (χ1) is 8.17. The average Bonchev–Trinajstić information content (AvgIpc) is 2.61. The molecule has 0 radical (unpaired) electrons. The summed E-state index contributed by atoms with van der Waals surface area (Å²) in [6.07, 6.45) is 0.511. The molecule has 18 heavy (non-hydrogen) atoms. The number of carboxylic acids is 1. The maximum Gasteiger partial charge on any atom is 0.441 e. The Morgan fingerprint density at radius 2 is 2.11 bits per heavy atom. The van der Waals surface area contributed by atoms with Crippen LogP contribution < -0.4 is 0 Å². The molecule has 1 heterocycles. The van der Waals surface area contributed by atoms with Gasteiger partial charge in [0.05, 0.1) is 5.41 Å². The summed E-state index contributed by atoms with van der Waals surface area (Å²) in [6, 6.07) is 0. The summed E-state index contributed by atoms with van der Waals surface area (Å²) >= 11 is -0.0517. The van der Waals surface area contributed by atoms with Crippen molar-refractivity contribution in [1.82, 2.24) is 4.90 Å². The molecule has 0 aromatic rings. The van der Waals surface area contributed by atoms with Gasteiger partial charge in [0.25, 0.3) is 0 Å². The summed E-state index contributed by atoms with van der Waals surface area (Å²) in [4.78, 5) is 13.1. The number of rotatable bonds is 5. The van der Waals surface area contributed by atoms with Gasteiger partial charge in [0.15, 0.2) is 0 Å². The second kappa shape index (κ2) is 5.69. The molecule has 1 N–H and O–H groups in total. The van der Waals surface area contributed by atoms with Crippen LogP contribution >= 0.6 is 11.8 Å². The van der Waals surface area contributed by atoms with E-state index in [1.165, 1.54) is 0 Å². The molecule has 1 saturated heterocycles. The van der Waals surface area contributed by atoms with Crippen molar-refractivity contribution in [3.63, 3.8) is 0 Å². The Kier molecular flexibility index (Phi) is 4.94. The van der Waals surface area contributed by atoms with E-state index in [2.05, 4.69) is 0 Å². The average molecular weight is 285 g/mol. The van der Waals surface area contributed by atoms with Crippen molar-refractivity contribution < 1.29 is 23.1 Å². The van der Waals surface area contributed by atoms with E-state index < -0.39 is 16.9 Å². The third kappa shape index (κ3) is 3.78. The van der Waals surface area contributed by atoms with Crippen LogP contribution in [0.5, 0.6) is 0 Å². The van der Waals surface area contributed by atoms with Crippen LogP contribution in [0.4, 0.5) is 13.2 Å². The van der Waals surface area contributed by atoms with Crippen LogP contribution in [0, 0.1) is 11.3 Å². The maximum absolute atomic E-state index is 12.0. The summed E-state index contributed by atoms with van der Waals surface area (Å²) in [6.45, 7) is 4.89. The van der Waals surface area contributed by atoms with Crippen molar-refractivity contribution in [2.75, 3.05) is 25.4 Å². The zero-order valence-corrected chi connectivity index (χ0v) is 11.3. The molecule has 1 fully saturated rings. The van der Waals surface area contributed by atoms with Gasteiger partial charge in [-0.1, -0.05) is 13.8 Å². The largest absolute Gasteiger partial charge is 0.481 e. The van der Waals surface area contributed by atoms with Gasteiger partial charge in [0.1, 0.15) is 0 Å².